The molecule has 5 heteroatoms. The molecule has 5 nitrogen and oxygen atoms in total. The van der Waals surface area contributed by atoms with Crippen molar-refractivity contribution in [2.75, 3.05) is 0 Å². The van der Waals surface area contributed by atoms with Crippen molar-refractivity contribution in [1.29, 1.82) is 0 Å². The third-order valence-corrected chi connectivity index (χ3v) is 2.72. The first-order valence-corrected chi connectivity index (χ1v) is 4.63. The molecule has 0 radical (unpaired) electrons. The summed E-state index contributed by atoms with van der Waals surface area (Å²) < 4.78 is 1.16. The van der Waals surface area contributed by atoms with E-state index >= 15 is 0 Å². The van der Waals surface area contributed by atoms with E-state index in [-0.39, 0.29) is 11.6 Å². The van der Waals surface area contributed by atoms with Gasteiger partial charge in [-0.1, -0.05) is 0 Å². The molecule has 1 aromatic rings. The number of aromatic nitrogens is 1. The number of hydrogen-bond donors (Lipinski definition) is 2. The topological polar surface area (TPSA) is 79.5 Å². The highest BCUT2D eigenvalue weighted by atomic mass is 16.4. The fourth-order valence-electron chi connectivity index (χ4n) is 2.05. The average Bonchev–Trinajstić information content (AvgIpc) is 2.38. The van der Waals surface area contributed by atoms with Crippen molar-refractivity contribution in [2.24, 2.45) is 0 Å². The van der Waals surface area contributed by atoms with Crippen LogP contribution >= 0.6 is 0 Å². The Hall–Kier alpha value is -1.62. The van der Waals surface area contributed by atoms with Gasteiger partial charge >= 0.3 is 5.97 Å². The number of fused-ring (bicyclic) bond motifs is 1. The van der Waals surface area contributed by atoms with E-state index < -0.39 is 18.0 Å². The Morgan fingerprint density at radius 3 is 2.67 bits per heavy atom. The molecule has 1 aliphatic rings. The van der Waals surface area contributed by atoms with E-state index in [1.165, 1.54) is 13.0 Å². The number of aliphatic hydroxyl groups excluding tert-OH is 1. The molecule has 1 unspecified atom stereocenters. The van der Waals surface area contributed by atoms with Crippen molar-refractivity contribution in [1.82, 2.24) is 4.57 Å². The summed E-state index contributed by atoms with van der Waals surface area (Å²) in [7, 11) is 0. The number of carbonyl (C=O) groups is 2. The lowest BCUT2D eigenvalue weighted by atomic mass is 9.90. The molecule has 0 bridgehead atoms. The first kappa shape index (κ1) is 9.92. The van der Waals surface area contributed by atoms with E-state index in [9.17, 15) is 14.7 Å². The van der Waals surface area contributed by atoms with Crippen molar-refractivity contribution in [2.45, 2.75) is 25.9 Å². The minimum atomic E-state index is -1.12. The third kappa shape index (κ3) is 1.13. The first-order valence-electron chi connectivity index (χ1n) is 4.63. The van der Waals surface area contributed by atoms with Crippen molar-refractivity contribution < 1.29 is 19.8 Å². The van der Waals surface area contributed by atoms with Gasteiger partial charge in [-0.3, -0.25) is 9.36 Å². The fraction of sp³-hybridized carbons (Fsp3) is 0.400. The second-order valence-corrected chi connectivity index (χ2v) is 3.79. The molecule has 0 fully saturated rings. The lowest BCUT2D eigenvalue weighted by Crippen LogP contribution is -2.42. The van der Waals surface area contributed by atoms with Gasteiger partial charge in [0.2, 0.25) is 5.91 Å². The van der Waals surface area contributed by atoms with Gasteiger partial charge in [-0.15, -0.1) is 0 Å². The molecule has 0 spiro atoms. The zero-order chi connectivity index (χ0) is 11.3. The van der Waals surface area contributed by atoms with E-state index in [1.807, 2.05) is 0 Å². The summed E-state index contributed by atoms with van der Waals surface area (Å²) in [6, 6.07) is 1.46. The Morgan fingerprint density at radius 2 is 2.20 bits per heavy atom. The predicted octanol–water partition coefficient (Wildman–Crippen LogP) is 0.613. The standard InChI is InChI=1S/C10H11NO4/c1-4-3-6(10(14)15)11-8(4)7(5(2)12)9(11)13/h3,5,7,12H,1-2H3,(H,14,15)/t5-,7?/m1/s1. The number of carboxylic acids is 1. The zero-order valence-electron chi connectivity index (χ0n) is 8.39. The smallest absolute Gasteiger partial charge is 0.352 e. The predicted molar refractivity (Wildman–Crippen MR) is 51.2 cm³/mol. The molecule has 0 aromatic carbocycles. The monoisotopic (exact) mass is 209 g/mol. The van der Waals surface area contributed by atoms with Crippen LogP contribution in [0.15, 0.2) is 6.07 Å². The number of nitrogens with zero attached hydrogens (tertiary/aromatic N) is 1. The molecule has 2 atom stereocenters. The summed E-state index contributed by atoms with van der Waals surface area (Å²) in [4.78, 5) is 22.4. The van der Waals surface area contributed by atoms with Gasteiger partial charge in [0.25, 0.3) is 0 Å². The zero-order valence-corrected chi connectivity index (χ0v) is 8.39. The summed E-state index contributed by atoms with van der Waals surface area (Å²) >= 11 is 0. The molecular weight excluding hydrogens is 198 g/mol. The summed E-state index contributed by atoms with van der Waals surface area (Å²) in [5, 5.41) is 18.2. The van der Waals surface area contributed by atoms with Gasteiger partial charge in [-0.05, 0) is 25.5 Å². The van der Waals surface area contributed by atoms with Gasteiger partial charge in [-0.2, -0.15) is 0 Å². The van der Waals surface area contributed by atoms with Crippen LogP contribution in [-0.2, 0) is 0 Å². The highest BCUT2D eigenvalue weighted by Crippen LogP contribution is 2.37. The number of aliphatic hydroxyl groups is 1. The Labute approximate surface area is 85.9 Å². The quantitative estimate of drug-likeness (QED) is 0.748. The molecule has 15 heavy (non-hydrogen) atoms. The van der Waals surface area contributed by atoms with Gasteiger partial charge in [0, 0.05) is 5.69 Å². The van der Waals surface area contributed by atoms with Crippen molar-refractivity contribution >= 4 is 11.9 Å². The van der Waals surface area contributed by atoms with Crippen LogP contribution in [0, 0.1) is 6.92 Å². The van der Waals surface area contributed by atoms with Crippen molar-refractivity contribution in [3.05, 3.63) is 23.0 Å². The molecule has 0 saturated heterocycles. The van der Waals surface area contributed by atoms with Crippen LogP contribution < -0.4 is 0 Å². The Balaban J connectivity index is 2.56. The lowest BCUT2D eigenvalue weighted by molar-refractivity contribution is 0.0588. The molecule has 2 N–H and O–H groups in total. The minimum absolute atomic E-state index is 0.0237. The van der Waals surface area contributed by atoms with Crippen molar-refractivity contribution in [3.63, 3.8) is 0 Å². The number of aromatic carboxylic acids is 1. The second kappa shape index (κ2) is 2.93. The van der Waals surface area contributed by atoms with Gasteiger partial charge in [0.1, 0.15) is 11.6 Å². The molecule has 1 aliphatic heterocycles. The molecule has 0 aliphatic carbocycles. The highest BCUT2D eigenvalue weighted by molar-refractivity contribution is 6.01. The molecular formula is C10H11NO4. The summed E-state index contributed by atoms with van der Waals surface area (Å²) in [6.07, 6.45) is -0.778. The summed E-state index contributed by atoms with van der Waals surface area (Å²) in [5.74, 6) is -2.04. The molecule has 0 amide bonds. The average molecular weight is 209 g/mol. The van der Waals surface area contributed by atoms with E-state index in [0.29, 0.717) is 5.69 Å². The van der Waals surface area contributed by atoms with Crippen LogP contribution in [0.1, 0.15) is 39.4 Å². The van der Waals surface area contributed by atoms with E-state index in [2.05, 4.69) is 0 Å². The van der Waals surface area contributed by atoms with Gasteiger partial charge in [0.15, 0.2) is 0 Å². The summed E-state index contributed by atoms with van der Waals surface area (Å²) in [6.45, 7) is 3.26. The van der Waals surface area contributed by atoms with E-state index in [4.69, 9.17) is 5.11 Å². The maximum atomic E-state index is 11.6. The van der Waals surface area contributed by atoms with Crippen LogP contribution in [-0.4, -0.2) is 32.8 Å². The molecule has 0 saturated carbocycles. The first-order chi connectivity index (χ1) is 6.95. The van der Waals surface area contributed by atoms with Crippen LogP contribution in [0.25, 0.3) is 0 Å². The summed E-state index contributed by atoms with van der Waals surface area (Å²) in [5.41, 5.74) is 1.33. The van der Waals surface area contributed by atoms with E-state index in [0.717, 1.165) is 10.1 Å². The normalized spacial score (nSPS) is 20.7. The molecule has 2 heterocycles. The maximum absolute atomic E-state index is 11.6. The SMILES string of the molecule is Cc1cc(C(=O)O)n2c1C([C@@H](C)O)C2=O. The Morgan fingerprint density at radius 1 is 1.60 bits per heavy atom. The van der Waals surface area contributed by atoms with Gasteiger partial charge in [0.05, 0.1) is 6.10 Å². The lowest BCUT2D eigenvalue weighted by Gasteiger charge is -2.31. The number of aryl methyl sites for hydroxylation is 1. The minimum Gasteiger partial charge on any atom is -0.477 e. The number of rotatable bonds is 2. The van der Waals surface area contributed by atoms with Crippen LogP contribution in [0.2, 0.25) is 0 Å². The van der Waals surface area contributed by atoms with Gasteiger partial charge < -0.3 is 10.2 Å². The number of carbonyl (C=O) groups excluding carboxylic acids is 1. The maximum Gasteiger partial charge on any atom is 0.352 e. The van der Waals surface area contributed by atoms with Crippen LogP contribution in [0.4, 0.5) is 0 Å². The Bertz CT molecular complexity index is 458. The number of carboxylic acid groups (broad SMARTS) is 1. The number of hydrogen-bond acceptors (Lipinski definition) is 3. The second-order valence-electron chi connectivity index (χ2n) is 3.79. The molecule has 1 aromatic heterocycles. The van der Waals surface area contributed by atoms with Crippen LogP contribution in [0.3, 0.4) is 0 Å². The molecule has 80 valence electrons. The molecule has 2 rings (SSSR count). The fourth-order valence-corrected chi connectivity index (χ4v) is 2.05. The third-order valence-electron chi connectivity index (χ3n) is 2.72. The van der Waals surface area contributed by atoms with Crippen molar-refractivity contribution in [3.8, 4) is 0 Å². The van der Waals surface area contributed by atoms with E-state index in [1.54, 1.807) is 6.92 Å². The Kier molecular flexibility index (Phi) is 1.94. The highest BCUT2D eigenvalue weighted by Gasteiger charge is 2.43. The largest absolute Gasteiger partial charge is 0.477 e. The van der Waals surface area contributed by atoms with Crippen LogP contribution in [0.5, 0.6) is 0 Å². The van der Waals surface area contributed by atoms with Gasteiger partial charge in [-0.25, -0.2) is 4.79 Å².